The van der Waals surface area contributed by atoms with Gasteiger partial charge >= 0.3 is 0 Å². The van der Waals surface area contributed by atoms with Gasteiger partial charge in [-0.2, -0.15) is 5.10 Å². The highest BCUT2D eigenvalue weighted by Crippen LogP contribution is 2.50. The molecule has 0 radical (unpaired) electrons. The number of para-hydroxylation sites is 1. The number of fused-ring (bicyclic) bond motifs is 1. The number of anilines is 1. The number of rotatable bonds is 1. The molecule has 0 bridgehead atoms. The lowest BCUT2D eigenvalue weighted by Crippen LogP contribution is -2.18. The van der Waals surface area contributed by atoms with Crippen molar-refractivity contribution in [2.45, 2.75) is 23.7 Å². The van der Waals surface area contributed by atoms with Crippen molar-refractivity contribution in [2.24, 2.45) is 0 Å². The van der Waals surface area contributed by atoms with E-state index in [-0.39, 0.29) is 4.93 Å². The summed E-state index contributed by atoms with van der Waals surface area (Å²) < 4.78 is 5.96. The van der Waals surface area contributed by atoms with Crippen LogP contribution in [0.4, 0.5) is 5.82 Å². The Kier molecular flexibility index (Phi) is 2.13. The maximum atomic E-state index is 5.96. The third kappa shape index (κ3) is 1.76. The van der Waals surface area contributed by atoms with Crippen LogP contribution in [-0.4, -0.2) is 15.1 Å². The van der Waals surface area contributed by atoms with Crippen molar-refractivity contribution >= 4 is 17.6 Å². The molecule has 0 saturated carbocycles. The van der Waals surface area contributed by atoms with Gasteiger partial charge < -0.3 is 10.5 Å². The van der Waals surface area contributed by atoms with E-state index in [2.05, 4.69) is 30.1 Å². The number of H-pyrrole nitrogens is 1. The van der Waals surface area contributed by atoms with Gasteiger partial charge in [0.05, 0.1) is 10.6 Å². The van der Waals surface area contributed by atoms with E-state index in [4.69, 9.17) is 10.5 Å². The van der Waals surface area contributed by atoms with Gasteiger partial charge in [-0.25, -0.2) is 0 Å². The van der Waals surface area contributed by atoms with Crippen LogP contribution in [-0.2, 0) is 0 Å². The van der Waals surface area contributed by atoms with Crippen LogP contribution < -0.4 is 10.5 Å². The topological polar surface area (TPSA) is 63.9 Å². The Morgan fingerprint density at radius 1 is 1.41 bits per heavy atom. The summed E-state index contributed by atoms with van der Waals surface area (Å²) >= 11 is 1.72. The van der Waals surface area contributed by atoms with Crippen molar-refractivity contribution in [3.8, 4) is 17.0 Å². The molecule has 3 rings (SSSR count). The number of aromatic amines is 1. The molecule has 1 aromatic heterocycles. The molecule has 1 aliphatic rings. The number of nitrogens with one attached hydrogen (secondary N) is 1. The minimum absolute atomic E-state index is 0.218. The van der Waals surface area contributed by atoms with E-state index < -0.39 is 0 Å². The van der Waals surface area contributed by atoms with Crippen molar-refractivity contribution in [1.82, 2.24) is 10.2 Å². The summed E-state index contributed by atoms with van der Waals surface area (Å²) in [6.07, 6.45) is 0. The first-order valence-electron chi connectivity index (χ1n) is 5.37. The van der Waals surface area contributed by atoms with Gasteiger partial charge in [0.2, 0.25) is 0 Å². The first-order valence-corrected chi connectivity index (χ1v) is 6.19. The monoisotopic (exact) mass is 247 g/mol. The Morgan fingerprint density at radius 2 is 2.24 bits per heavy atom. The Balaban J connectivity index is 2.12. The SMILES string of the molecule is CC1(C)Oc2c(cccc2-c2cc(N)n[nH]2)S1. The molecule has 5 heteroatoms. The molecule has 17 heavy (non-hydrogen) atoms. The molecule has 0 saturated heterocycles. The predicted octanol–water partition coefficient (Wildman–Crippen LogP) is 2.88. The second-order valence-corrected chi connectivity index (χ2v) is 6.07. The largest absolute Gasteiger partial charge is 0.475 e. The van der Waals surface area contributed by atoms with Gasteiger partial charge in [0.15, 0.2) is 4.93 Å². The normalized spacial score (nSPS) is 16.6. The van der Waals surface area contributed by atoms with Crippen molar-refractivity contribution < 1.29 is 4.74 Å². The second-order valence-electron chi connectivity index (χ2n) is 4.44. The van der Waals surface area contributed by atoms with Gasteiger partial charge in [0, 0.05) is 11.6 Å². The molecule has 3 N–H and O–H groups in total. The number of nitrogen functional groups attached to an aromatic ring is 1. The third-order valence-electron chi connectivity index (χ3n) is 2.57. The van der Waals surface area contributed by atoms with Crippen LogP contribution in [0.25, 0.3) is 11.3 Å². The fourth-order valence-corrected chi connectivity index (χ4v) is 2.97. The summed E-state index contributed by atoms with van der Waals surface area (Å²) in [5, 5.41) is 6.86. The molecule has 2 aromatic rings. The van der Waals surface area contributed by atoms with Gasteiger partial charge in [0.25, 0.3) is 0 Å². The molecule has 0 fully saturated rings. The molecular formula is C12H13N3OS. The van der Waals surface area contributed by atoms with E-state index in [9.17, 15) is 0 Å². The number of hydrogen-bond donors (Lipinski definition) is 2. The van der Waals surface area contributed by atoms with Gasteiger partial charge in [0.1, 0.15) is 11.6 Å². The molecule has 4 nitrogen and oxygen atoms in total. The Morgan fingerprint density at radius 3 is 2.94 bits per heavy atom. The van der Waals surface area contributed by atoms with Crippen LogP contribution in [0.3, 0.4) is 0 Å². The number of aromatic nitrogens is 2. The smallest absolute Gasteiger partial charge is 0.153 e. The molecule has 88 valence electrons. The summed E-state index contributed by atoms with van der Waals surface area (Å²) in [5.74, 6) is 1.40. The predicted molar refractivity (Wildman–Crippen MR) is 69.0 cm³/mol. The number of benzene rings is 1. The van der Waals surface area contributed by atoms with Crippen molar-refractivity contribution in [2.75, 3.05) is 5.73 Å². The van der Waals surface area contributed by atoms with E-state index in [1.165, 1.54) is 0 Å². The van der Waals surface area contributed by atoms with Crippen LogP contribution in [0.5, 0.6) is 5.75 Å². The van der Waals surface area contributed by atoms with Crippen molar-refractivity contribution in [1.29, 1.82) is 0 Å². The van der Waals surface area contributed by atoms with Gasteiger partial charge in [-0.1, -0.05) is 17.8 Å². The molecule has 0 amide bonds. The quantitative estimate of drug-likeness (QED) is 0.813. The maximum Gasteiger partial charge on any atom is 0.153 e. The maximum absolute atomic E-state index is 5.96. The second kappa shape index (κ2) is 3.43. The average Bonchev–Trinajstić information content (AvgIpc) is 2.78. The summed E-state index contributed by atoms with van der Waals surface area (Å²) in [6, 6.07) is 7.91. The zero-order valence-corrected chi connectivity index (χ0v) is 10.5. The highest BCUT2D eigenvalue weighted by atomic mass is 32.2. The van der Waals surface area contributed by atoms with E-state index in [1.54, 1.807) is 11.8 Å². The lowest BCUT2D eigenvalue weighted by atomic mass is 10.1. The highest BCUT2D eigenvalue weighted by Gasteiger charge is 2.33. The van der Waals surface area contributed by atoms with Crippen LogP contribution in [0.1, 0.15) is 13.8 Å². The van der Waals surface area contributed by atoms with Crippen LogP contribution in [0.2, 0.25) is 0 Å². The first-order chi connectivity index (χ1) is 8.05. The van der Waals surface area contributed by atoms with Gasteiger partial charge in [-0.05, 0) is 26.0 Å². The average molecular weight is 247 g/mol. The van der Waals surface area contributed by atoms with E-state index in [0.717, 1.165) is 21.9 Å². The van der Waals surface area contributed by atoms with Crippen molar-refractivity contribution in [3.05, 3.63) is 24.3 Å². The molecule has 0 atom stereocenters. The van der Waals surface area contributed by atoms with Gasteiger partial charge in [-0.3, -0.25) is 5.10 Å². The fourth-order valence-electron chi connectivity index (χ4n) is 1.92. The van der Waals surface area contributed by atoms with E-state index in [0.29, 0.717) is 5.82 Å². The number of nitrogens with zero attached hydrogens (tertiary/aromatic N) is 1. The Hall–Kier alpha value is -1.62. The highest BCUT2D eigenvalue weighted by molar-refractivity contribution is 8.00. The molecular weight excluding hydrogens is 234 g/mol. The summed E-state index contributed by atoms with van der Waals surface area (Å²) in [6.45, 7) is 4.12. The lowest BCUT2D eigenvalue weighted by Gasteiger charge is -2.16. The summed E-state index contributed by atoms with van der Waals surface area (Å²) in [7, 11) is 0. The zero-order valence-electron chi connectivity index (χ0n) is 9.65. The lowest BCUT2D eigenvalue weighted by molar-refractivity contribution is 0.216. The van der Waals surface area contributed by atoms with E-state index in [1.807, 2.05) is 18.2 Å². The molecule has 2 heterocycles. The molecule has 1 aliphatic heterocycles. The third-order valence-corrected chi connectivity index (χ3v) is 3.69. The first kappa shape index (κ1) is 10.5. The van der Waals surface area contributed by atoms with E-state index >= 15 is 0 Å². The zero-order chi connectivity index (χ0) is 12.0. The van der Waals surface area contributed by atoms with Crippen LogP contribution >= 0.6 is 11.8 Å². The Bertz CT molecular complexity index is 577. The number of thioether (sulfide) groups is 1. The number of ether oxygens (including phenoxy) is 1. The molecule has 0 unspecified atom stereocenters. The fraction of sp³-hybridized carbons (Fsp3) is 0.250. The Labute approximate surface area is 104 Å². The standard InChI is InChI=1S/C12H13N3OS/c1-12(2)16-11-7(4-3-5-9(11)17-12)8-6-10(13)15-14-8/h3-6H,1-2H3,(H3,13,14,15). The molecule has 0 spiro atoms. The van der Waals surface area contributed by atoms with Gasteiger partial charge in [-0.15, -0.1) is 0 Å². The number of hydrogen-bond acceptors (Lipinski definition) is 4. The van der Waals surface area contributed by atoms with Crippen LogP contribution in [0.15, 0.2) is 29.2 Å². The summed E-state index contributed by atoms with van der Waals surface area (Å²) in [4.78, 5) is 0.935. The van der Waals surface area contributed by atoms with Crippen LogP contribution in [0, 0.1) is 0 Å². The molecule has 0 aliphatic carbocycles. The minimum Gasteiger partial charge on any atom is -0.475 e. The molecule has 1 aromatic carbocycles. The number of nitrogens with two attached hydrogens (primary N) is 1. The minimum atomic E-state index is -0.218. The van der Waals surface area contributed by atoms with Crippen molar-refractivity contribution in [3.63, 3.8) is 0 Å². The summed E-state index contributed by atoms with van der Waals surface area (Å²) in [5.41, 5.74) is 7.52.